The van der Waals surface area contributed by atoms with E-state index in [0.717, 1.165) is 18.4 Å². The van der Waals surface area contributed by atoms with Crippen molar-refractivity contribution in [2.45, 2.75) is 25.0 Å². The van der Waals surface area contributed by atoms with Gasteiger partial charge in [0, 0.05) is 6.04 Å². The molecule has 2 nitrogen and oxygen atoms in total. The van der Waals surface area contributed by atoms with Gasteiger partial charge in [-0.2, -0.15) is 0 Å². The lowest BCUT2D eigenvalue weighted by molar-refractivity contribution is 0.147. The molecule has 0 aliphatic heterocycles. The van der Waals surface area contributed by atoms with Crippen molar-refractivity contribution < 1.29 is 5.11 Å². The van der Waals surface area contributed by atoms with Gasteiger partial charge in [-0.1, -0.05) is 24.3 Å². The molecule has 0 bridgehead atoms. The minimum absolute atomic E-state index is 0.263. The number of aliphatic hydroxyl groups excluding tert-OH is 1. The average Bonchev–Trinajstić information content (AvgIpc) is 2.19. The molecule has 0 radical (unpaired) electrons. The summed E-state index contributed by atoms with van der Waals surface area (Å²) >= 11 is 0. The number of benzene rings is 1. The summed E-state index contributed by atoms with van der Waals surface area (Å²) in [5.74, 6) is 0. The molecule has 0 amide bonds. The van der Waals surface area contributed by atoms with E-state index in [1.165, 1.54) is 5.56 Å². The Kier molecular flexibility index (Phi) is 2.34. The summed E-state index contributed by atoms with van der Waals surface area (Å²) in [5, 5.41) is 13.0. The van der Waals surface area contributed by atoms with Crippen LogP contribution in [-0.4, -0.2) is 12.2 Å². The molecule has 2 rings (SSSR count). The summed E-state index contributed by atoms with van der Waals surface area (Å²) in [4.78, 5) is 0. The van der Waals surface area contributed by atoms with Gasteiger partial charge in [0.15, 0.2) is 0 Å². The number of fused-ring (bicyclic) bond motifs is 1. The van der Waals surface area contributed by atoms with Gasteiger partial charge in [-0.15, -0.1) is 0 Å². The highest BCUT2D eigenvalue weighted by Crippen LogP contribution is 2.35. The van der Waals surface area contributed by atoms with Gasteiger partial charge in [0.1, 0.15) is 0 Å². The molecule has 0 heterocycles. The van der Waals surface area contributed by atoms with Crippen LogP contribution in [0, 0.1) is 0 Å². The third-order valence-corrected chi connectivity index (χ3v) is 2.81. The van der Waals surface area contributed by atoms with E-state index in [9.17, 15) is 5.11 Å². The Labute approximate surface area is 78.6 Å². The van der Waals surface area contributed by atoms with Gasteiger partial charge < -0.3 is 10.4 Å². The Balaban J connectivity index is 2.42. The molecule has 1 aliphatic carbocycles. The van der Waals surface area contributed by atoms with Gasteiger partial charge in [-0.25, -0.2) is 0 Å². The first-order valence-electron chi connectivity index (χ1n) is 4.77. The summed E-state index contributed by atoms with van der Waals surface area (Å²) in [7, 11) is 1.97. The third kappa shape index (κ3) is 1.47. The molecule has 0 saturated heterocycles. The molecule has 2 heteroatoms. The summed E-state index contributed by atoms with van der Waals surface area (Å²) in [5.41, 5.74) is 2.34. The van der Waals surface area contributed by atoms with E-state index in [1.54, 1.807) is 0 Å². The zero-order valence-electron chi connectivity index (χ0n) is 7.83. The number of nitrogens with one attached hydrogen (secondary N) is 1. The van der Waals surface area contributed by atoms with Crippen molar-refractivity contribution in [3.63, 3.8) is 0 Å². The Morgan fingerprint density at radius 1 is 1.23 bits per heavy atom. The molecule has 0 saturated carbocycles. The average molecular weight is 177 g/mol. The molecule has 2 N–H and O–H groups in total. The second kappa shape index (κ2) is 3.48. The maximum atomic E-state index is 9.75. The summed E-state index contributed by atoms with van der Waals surface area (Å²) in [6.45, 7) is 0. The van der Waals surface area contributed by atoms with E-state index in [1.807, 2.05) is 25.2 Å². The Hall–Kier alpha value is -0.860. The summed E-state index contributed by atoms with van der Waals surface area (Å²) in [6.07, 6.45) is 1.62. The van der Waals surface area contributed by atoms with Gasteiger partial charge in [0.25, 0.3) is 0 Å². The molecule has 0 fully saturated rings. The van der Waals surface area contributed by atoms with Crippen LogP contribution in [0.4, 0.5) is 0 Å². The van der Waals surface area contributed by atoms with Crippen molar-refractivity contribution in [3.05, 3.63) is 35.4 Å². The third-order valence-electron chi connectivity index (χ3n) is 2.81. The van der Waals surface area contributed by atoms with Crippen LogP contribution in [-0.2, 0) is 0 Å². The SMILES string of the molecule is CN[C@@H]1CC[C@@H](O)c2ccccc21. The smallest absolute Gasteiger partial charge is 0.0794 e. The van der Waals surface area contributed by atoms with Gasteiger partial charge in [-0.3, -0.25) is 0 Å². The van der Waals surface area contributed by atoms with Gasteiger partial charge >= 0.3 is 0 Å². The molecule has 2 atom stereocenters. The minimum atomic E-state index is -0.263. The Morgan fingerprint density at radius 2 is 1.92 bits per heavy atom. The largest absolute Gasteiger partial charge is 0.388 e. The van der Waals surface area contributed by atoms with Crippen molar-refractivity contribution in [2.75, 3.05) is 7.05 Å². The van der Waals surface area contributed by atoms with Crippen LogP contribution in [0.3, 0.4) is 0 Å². The molecule has 1 aliphatic rings. The first kappa shape index (κ1) is 8.73. The number of aliphatic hydroxyl groups is 1. The fraction of sp³-hybridized carbons (Fsp3) is 0.455. The maximum absolute atomic E-state index is 9.75. The summed E-state index contributed by atoms with van der Waals surface area (Å²) < 4.78 is 0. The second-order valence-corrected chi connectivity index (χ2v) is 3.56. The van der Waals surface area contributed by atoms with Crippen LogP contribution in [0.1, 0.15) is 36.1 Å². The molecular weight excluding hydrogens is 162 g/mol. The molecule has 0 spiro atoms. The first-order valence-corrected chi connectivity index (χ1v) is 4.77. The van der Waals surface area contributed by atoms with Crippen LogP contribution in [0.5, 0.6) is 0 Å². The van der Waals surface area contributed by atoms with Crippen molar-refractivity contribution in [1.29, 1.82) is 0 Å². The number of rotatable bonds is 1. The fourth-order valence-electron chi connectivity index (χ4n) is 2.07. The van der Waals surface area contributed by atoms with Crippen LogP contribution in [0.2, 0.25) is 0 Å². The predicted molar refractivity (Wildman–Crippen MR) is 52.4 cm³/mol. The van der Waals surface area contributed by atoms with Gasteiger partial charge in [0.05, 0.1) is 6.10 Å². The molecule has 1 aromatic carbocycles. The van der Waals surface area contributed by atoms with E-state index in [0.29, 0.717) is 6.04 Å². The van der Waals surface area contributed by atoms with Crippen molar-refractivity contribution >= 4 is 0 Å². The number of hydrogen-bond acceptors (Lipinski definition) is 2. The molecule has 13 heavy (non-hydrogen) atoms. The normalized spacial score (nSPS) is 26.9. The lowest BCUT2D eigenvalue weighted by Crippen LogP contribution is -2.23. The highest BCUT2D eigenvalue weighted by atomic mass is 16.3. The summed E-state index contributed by atoms with van der Waals surface area (Å²) in [6, 6.07) is 8.54. The predicted octanol–water partition coefficient (Wildman–Crippen LogP) is 1.77. The number of hydrogen-bond donors (Lipinski definition) is 2. The Morgan fingerprint density at radius 3 is 2.62 bits per heavy atom. The van der Waals surface area contributed by atoms with E-state index in [-0.39, 0.29) is 6.10 Å². The first-order chi connectivity index (χ1) is 6.33. The van der Waals surface area contributed by atoms with Crippen molar-refractivity contribution in [2.24, 2.45) is 0 Å². The quantitative estimate of drug-likeness (QED) is 0.685. The zero-order chi connectivity index (χ0) is 9.26. The second-order valence-electron chi connectivity index (χ2n) is 3.56. The van der Waals surface area contributed by atoms with E-state index in [2.05, 4.69) is 11.4 Å². The van der Waals surface area contributed by atoms with E-state index < -0.39 is 0 Å². The van der Waals surface area contributed by atoms with Crippen LogP contribution >= 0.6 is 0 Å². The maximum Gasteiger partial charge on any atom is 0.0794 e. The minimum Gasteiger partial charge on any atom is -0.388 e. The molecule has 0 unspecified atom stereocenters. The zero-order valence-corrected chi connectivity index (χ0v) is 7.83. The molecule has 0 aromatic heterocycles. The van der Waals surface area contributed by atoms with Gasteiger partial charge in [-0.05, 0) is 31.0 Å². The lowest BCUT2D eigenvalue weighted by atomic mass is 9.86. The van der Waals surface area contributed by atoms with Crippen molar-refractivity contribution in [1.82, 2.24) is 5.32 Å². The van der Waals surface area contributed by atoms with Crippen LogP contribution < -0.4 is 5.32 Å². The van der Waals surface area contributed by atoms with Crippen molar-refractivity contribution in [3.8, 4) is 0 Å². The highest BCUT2D eigenvalue weighted by molar-refractivity contribution is 5.33. The van der Waals surface area contributed by atoms with Gasteiger partial charge in [0.2, 0.25) is 0 Å². The lowest BCUT2D eigenvalue weighted by Gasteiger charge is -2.28. The fourth-order valence-corrected chi connectivity index (χ4v) is 2.07. The van der Waals surface area contributed by atoms with E-state index in [4.69, 9.17) is 0 Å². The molecule has 70 valence electrons. The van der Waals surface area contributed by atoms with Crippen LogP contribution in [0.25, 0.3) is 0 Å². The standard InChI is InChI=1S/C11H15NO/c1-12-10-6-7-11(13)9-5-3-2-4-8(9)10/h2-5,10-13H,6-7H2,1H3/t10-,11-/m1/s1. The van der Waals surface area contributed by atoms with E-state index >= 15 is 0 Å². The Bertz CT molecular complexity index is 298. The molecule has 1 aromatic rings. The molecular formula is C11H15NO. The topological polar surface area (TPSA) is 32.3 Å². The van der Waals surface area contributed by atoms with Crippen LogP contribution in [0.15, 0.2) is 24.3 Å². The highest BCUT2D eigenvalue weighted by Gasteiger charge is 2.23. The monoisotopic (exact) mass is 177 g/mol.